The number of phenols is 2. The van der Waals surface area contributed by atoms with E-state index < -0.39 is 0 Å². The third-order valence-electron chi connectivity index (χ3n) is 10.4. The maximum atomic E-state index is 11.8. The Labute approximate surface area is 327 Å². The Morgan fingerprint density at radius 3 is 1.73 bits per heavy atom. The Hall–Kier alpha value is -6.01. The van der Waals surface area contributed by atoms with E-state index in [1.165, 1.54) is 0 Å². The third-order valence-corrected chi connectivity index (χ3v) is 10.4. The van der Waals surface area contributed by atoms with Crippen molar-refractivity contribution in [2.24, 2.45) is 17.6 Å². The van der Waals surface area contributed by atoms with Crippen LogP contribution in [0, 0.1) is 25.7 Å². The number of amides is 1. The standard InChI is InChI=1S/C24H28N4O3.C20H22N4O/c1-3-12-31-24(30)25-14-17-10-11-28(15-17)23-18-9-8-16(2)13-20(18)26-22(27-23)19-6-4-5-7-21(19)29;1-13-6-7-15-17(10-13)22-19(16-4-2-3-5-18(16)25)23-20(15)24-9-8-14(11-21)12-24/h4-9,13,17,29H,3,10-12,14-15H2,1-2H3,(H,25,30);2-7,10,14,25H,8-9,11-12,21H2,1H3/t17-;14-/m00/s1. The highest BCUT2D eigenvalue weighted by atomic mass is 16.5. The first-order valence-corrected chi connectivity index (χ1v) is 19.4. The van der Waals surface area contributed by atoms with E-state index in [0.717, 1.165) is 90.0 Å². The molecular weight excluding hydrogens is 705 g/mol. The second-order valence-corrected chi connectivity index (χ2v) is 14.8. The third kappa shape index (κ3) is 8.60. The van der Waals surface area contributed by atoms with Crippen LogP contribution in [0.4, 0.5) is 16.4 Å². The molecule has 0 bridgehead atoms. The van der Waals surface area contributed by atoms with Gasteiger partial charge < -0.3 is 35.8 Å². The Balaban J connectivity index is 0.000000175. The molecule has 12 nitrogen and oxygen atoms in total. The number of ether oxygens (including phenoxy) is 1. The number of alkyl carbamates (subject to hydrolysis) is 1. The van der Waals surface area contributed by atoms with Gasteiger partial charge in [-0.1, -0.05) is 43.3 Å². The van der Waals surface area contributed by atoms with Crippen LogP contribution in [0.1, 0.15) is 37.3 Å². The number of carbonyl (C=O) groups excluding carboxylic acids is 1. The second kappa shape index (κ2) is 17.2. The molecule has 8 rings (SSSR count). The number of aromatic nitrogens is 4. The quantitative estimate of drug-likeness (QED) is 0.117. The molecule has 2 saturated heterocycles. The molecule has 5 N–H and O–H groups in total. The number of aromatic hydroxyl groups is 2. The maximum Gasteiger partial charge on any atom is 0.407 e. The molecule has 4 heterocycles. The minimum atomic E-state index is -0.356. The van der Waals surface area contributed by atoms with Crippen molar-refractivity contribution in [1.82, 2.24) is 25.3 Å². The molecule has 2 atom stereocenters. The van der Waals surface area contributed by atoms with Gasteiger partial charge in [-0.2, -0.15) is 0 Å². The molecule has 290 valence electrons. The highest BCUT2D eigenvalue weighted by Gasteiger charge is 2.27. The van der Waals surface area contributed by atoms with E-state index in [9.17, 15) is 15.0 Å². The summed E-state index contributed by atoms with van der Waals surface area (Å²) in [6.07, 6.45) is 2.49. The lowest BCUT2D eigenvalue weighted by atomic mass is 10.1. The predicted octanol–water partition coefficient (Wildman–Crippen LogP) is 7.37. The van der Waals surface area contributed by atoms with Gasteiger partial charge in [0.15, 0.2) is 11.6 Å². The highest BCUT2D eigenvalue weighted by molar-refractivity contribution is 5.93. The van der Waals surface area contributed by atoms with E-state index in [1.54, 1.807) is 24.3 Å². The average Bonchev–Trinajstić information content (AvgIpc) is 3.89. The summed E-state index contributed by atoms with van der Waals surface area (Å²) in [7, 11) is 0. The number of nitrogens with zero attached hydrogens (tertiary/aromatic N) is 6. The molecule has 0 unspecified atom stereocenters. The summed E-state index contributed by atoms with van der Waals surface area (Å²) < 4.78 is 5.10. The molecule has 0 saturated carbocycles. The van der Waals surface area contributed by atoms with Crippen LogP contribution in [-0.4, -0.2) is 82.1 Å². The van der Waals surface area contributed by atoms with Gasteiger partial charge in [-0.15, -0.1) is 0 Å². The number of rotatable bonds is 9. The minimum Gasteiger partial charge on any atom is -0.507 e. The molecule has 1 amide bonds. The highest BCUT2D eigenvalue weighted by Crippen LogP contribution is 2.35. The largest absolute Gasteiger partial charge is 0.507 e. The van der Waals surface area contributed by atoms with Crippen molar-refractivity contribution in [2.45, 2.75) is 40.0 Å². The molecule has 4 aromatic carbocycles. The van der Waals surface area contributed by atoms with E-state index in [2.05, 4.69) is 52.4 Å². The molecule has 6 aromatic rings. The zero-order chi connectivity index (χ0) is 39.2. The number of fused-ring (bicyclic) bond motifs is 2. The van der Waals surface area contributed by atoms with Crippen LogP contribution in [0.25, 0.3) is 44.6 Å². The number of para-hydroxylation sites is 2. The van der Waals surface area contributed by atoms with Crippen molar-refractivity contribution in [3.63, 3.8) is 0 Å². The fraction of sp³-hybridized carbons (Fsp3) is 0.341. The second-order valence-electron chi connectivity index (χ2n) is 14.8. The zero-order valence-corrected chi connectivity index (χ0v) is 32.3. The number of phenolic OH excluding ortho intramolecular Hbond substituents is 2. The number of benzene rings is 4. The molecule has 0 spiro atoms. The van der Waals surface area contributed by atoms with Gasteiger partial charge in [0.2, 0.25) is 0 Å². The van der Waals surface area contributed by atoms with Gasteiger partial charge in [0, 0.05) is 43.5 Å². The Kier molecular flexibility index (Phi) is 11.8. The lowest BCUT2D eigenvalue weighted by molar-refractivity contribution is 0.145. The van der Waals surface area contributed by atoms with Gasteiger partial charge >= 0.3 is 6.09 Å². The van der Waals surface area contributed by atoms with E-state index in [4.69, 9.17) is 30.4 Å². The molecule has 2 fully saturated rings. The molecular formula is C44H50N8O4. The minimum absolute atomic E-state index is 0.162. The van der Waals surface area contributed by atoms with Crippen LogP contribution in [0.15, 0.2) is 84.9 Å². The topological polar surface area (TPSA) is 163 Å². The van der Waals surface area contributed by atoms with Crippen LogP contribution in [0.3, 0.4) is 0 Å². The van der Waals surface area contributed by atoms with Crippen molar-refractivity contribution in [2.75, 3.05) is 55.7 Å². The van der Waals surface area contributed by atoms with Gasteiger partial charge in [0.1, 0.15) is 23.1 Å². The summed E-state index contributed by atoms with van der Waals surface area (Å²) in [5, 5.41) is 25.4. The van der Waals surface area contributed by atoms with E-state index in [-0.39, 0.29) is 17.6 Å². The molecule has 56 heavy (non-hydrogen) atoms. The molecule has 0 radical (unpaired) electrons. The van der Waals surface area contributed by atoms with Gasteiger partial charge in [0.25, 0.3) is 0 Å². The molecule has 12 heteroatoms. The monoisotopic (exact) mass is 754 g/mol. The number of nitrogens with two attached hydrogens (primary N) is 1. The summed E-state index contributed by atoms with van der Waals surface area (Å²) in [6.45, 7) is 11.3. The Bertz CT molecular complexity index is 2340. The number of nitrogens with one attached hydrogen (secondary N) is 1. The van der Waals surface area contributed by atoms with Gasteiger partial charge in [-0.05, 0) is 111 Å². The van der Waals surface area contributed by atoms with Crippen molar-refractivity contribution < 1.29 is 19.7 Å². The van der Waals surface area contributed by atoms with E-state index in [1.807, 2.05) is 44.2 Å². The smallest absolute Gasteiger partial charge is 0.407 e. The normalized spacial score (nSPS) is 16.6. The fourth-order valence-corrected chi connectivity index (χ4v) is 7.38. The first-order valence-electron chi connectivity index (χ1n) is 19.4. The SMILES string of the molecule is CCCOC(=O)NC[C@@H]1CCN(c2nc(-c3ccccc3O)nc3cc(C)ccc23)C1.Cc1ccc2c(N3CC[C@@H](CN)C3)nc(-c3ccccc3O)nc2c1. The molecule has 2 aliphatic heterocycles. The summed E-state index contributed by atoms with van der Waals surface area (Å²) in [6, 6.07) is 26.7. The zero-order valence-electron chi connectivity index (χ0n) is 32.3. The number of anilines is 2. The fourth-order valence-electron chi connectivity index (χ4n) is 7.38. The Morgan fingerprint density at radius 1 is 0.750 bits per heavy atom. The number of carbonyl (C=O) groups is 1. The molecule has 2 aliphatic rings. The summed E-state index contributed by atoms with van der Waals surface area (Å²) in [5.41, 5.74) is 11.2. The van der Waals surface area contributed by atoms with Crippen molar-refractivity contribution >= 4 is 39.5 Å². The average molecular weight is 755 g/mol. The van der Waals surface area contributed by atoms with Gasteiger partial charge in [-0.25, -0.2) is 24.7 Å². The lowest BCUT2D eigenvalue weighted by Gasteiger charge is -2.21. The number of hydrogen-bond acceptors (Lipinski definition) is 11. The lowest BCUT2D eigenvalue weighted by Crippen LogP contribution is -2.31. The van der Waals surface area contributed by atoms with Crippen LogP contribution in [0.5, 0.6) is 11.5 Å². The van der Waals surface area contributed by atoms with E-state index in [0.29, 0.717) is 54.3 Å². The summed E-state index contributed by atoms with van der Waals surface area (Å²) in [5.74, 6) is 4.04. The first-order chi connectivity index (χ1) is 27.2. The maximum absolute atomic E-state index is 11.8. The van der Waals surface area contributed by atoms with Crippen molar-refractivity contribution in [3.05, 3.63) is 96.1 Å². The van der Waals surface area contributed by atoms with Crippen molar-refractivity contribution in [3.8, 4) is 34.3 Å². The van der Waals surface area contributed by atoms with Crippen molar-refractivity contribution in [1.29, 1.82) is 0 Å². The van der Waals surface area contributed by atoms with Crippen LogP contribution in [-0.2, 0) is 4.74 Å². The molecule has 2 aromatic heterocycles. The summed E-state index contributed by atoms with van der Waals surface area (Å²) >= 11 is 0. The van der Waals surface area contributed by atoms with Crippen LogP contribution >= 0.6 is 0 Å². The number of hydrogen-bond donors (Lipinski definition) is 4. The van der Waals surface area contributed by atoms with Crippen LogP contribution < -0.4 is 20.9 Å². The summed E-state index contributed by atoms with van der Waals surface area (Å²) in [4.78, 5) is 35.4. The predicted molar refractivity (Wildman–Crippen MR) is 222 cm³/mol. The Morgan fingerprint density at radius 2 is 1.25 bits per heavy atom. The number of aryl methyl sites for hydroxylation is 2. The van der Waals surface area contributed by atoms with E-state index >= 15 is 0 Å². The van der Waals surface area contributed by atoms with Crippen LogP contribution in [0.2, 0.25) is 0 Å². The van der Waals surface area contributed by atoms with Gasteiger partial charge in [0.05, 0.1) is 28.8 Å². The van der Waals surface area contributed by atoms with Gasteiger partial charge in [-0.3, -0.25) is 0 Å². The molecule has 0 aliphatic carbocycles. The first kappa shape index (κ1) is 38.3.